The minimum Gasteiger partial charge on any atom is -0.486 e. The number of rotatable bonds is 6. The van der Waals surface area contributed by atoms with Crippen LogP contribution in [0.15, 0.2) is 42.5 Å². The molecule has 1 saturated heterocycles. The van der Waals surface area contributed by atoms with Crippen LogP contribution in [0.25, 0.3) is 0 Å². The highest BCUT2D eigenvalue weighted by atomic mass is 32.2. The molecule has 0 aliphatic carbocycles. The van der Waals surface area contributed by atoms with Crippen molar-refractivity contribution in [1.82, 2.24) is 4.90 Å². The molecule has 2 amide bonds. The Morgan fingerprint density at radius 1 is 1.00 bits per heavy atom. The van der Waals surface area contributed by atoms with E-state index in [0.717, 1.165) is 32.4 Å². The Hall–Kier alpha value is -3.07. The second kappa shape index (κ2) is 9.82. The number of likely N-dealkylation sites (tertiary alicyclic amines) is 1. The zero-order valence-electron chi connectivity index (χ0n) is 18.6. The van der Waals surface area contributed by atoms with Crippen LogP contribution < -0.4 is 14.8 Å². The maximum Gasteiger partial charge on any atom is 0.253 e. The molecule has 8 nitrogen and oxygen atoms in total. The van der Waals surface area contributed by atoms with Crippen LogP contribution in [0.1, 0.15) is 42.1 Å². The number of ether oxygens (including phenoxy) is 2. The quantitative estimate of drug-likeness (QED) is 0.693. The zero-order chi connectivity index (χ0) is 23.4. The van der Waals surface area contributed by atoms with Gasteiger partial charge in [0.1, 0.15) is 18.5 Å². The molecule has 2 aliphatic heterocycles. The lowest BCUT2D eigenvalue weighted by molar-refractivity contribution is -0.115. The Bertz CT molecular complexity index is 1140. The van der Waals surface area contributed by atoms with Crippen molar-refractivity contribution >= 4 is 27.3 Å². The highest BCUT2D eigenvalue weighted by Gasteiger charge is 2.29. The fourth-order valence-corrected chi connectivity index (χ4v) is 5.24. The topological polar surface area (TPSA) is 102 Å². The van der Waals surface area contributed by atoms with E-state index in [9.17, 15) is 18.0 Å². The van der Waals surface area contributed by atoms with Gasteiger partial charge in [0.15, 0.2) is 21.3 Å². The minimum atomic E-state index is -3.81. The van der Waals surface area contributed by atoms with Crippen LogP contribution in [0, 0.1) is 0 Å². The van der Waals surface area contributed by atoms with Crippen LogP contribution >= 0.6 is 0 Å². The molecule has 0 bridgehead atoms. The third-order valence-corrected chi connectivity index (χ3v) is 7.93. The number of hydrogen-bond donors (Lipinski definition) is 1. The van der Waals surface area contributed by atoms with Crippen molar-refractivity contribution in [3.63, 3.8) is 0 Å². The van der Waals surface area contributed by atoms with E-state index in [-0.39, 0.29) is 11.7 Å². The number of amides is 2. The average molecular weight is 473 g/mol. The summed E-state index contributed by atoms with van der Waals surface area (Å²) in [5.74, 6) is 0.0401. The molecular weight excluding hydrogens is 444 g/mol. The molecule has 0 aromatic heterocycles. The molecule has 2 aliphatic rings. The van der Waals surface area contributed by atoms with E-state index in [0.29, 0.717) is 41.5 Å². The molecule has 0 saturated carbocycles. The molecule has 33 heavy (non-hydrogen) atoms. The summed E-state index contributed by atoms with van der Waals surface area (Å²) in [5, 5.41) is 1.37. The number of sulfone groups is 1. The third kappa shape index (κ3) is 5.47. The summed E-state index contributed by atoms with van der Waals surface area (Å²) >= 11 is 0. The van der Waals surface area contributed by atoms with Crippen molar-refractivity contribution in [1.29, 1.82) is 0 Å². The van der Waals surface area contributed by atoms with Crippen LogP contribution in [0.2, 0.25) is 0 Å². The summed E-state index contributed by atoms with van der Waals surface area (Å²) in [6.07, 6.45) is 3.08. The van der Waals surface area contributed by atoms with E-state index in [2.05, 4.69) is 5.32 Å². The van der Waals surface area contributed by atoms with E-state index in [4.69, 9.17) is 9.47 Å². The van der Waals surface area contributed by atoms with Gasteiger partial charge >= 0.3 is 0 Å². The Morgan fingerprint density at radius 2 is 1.73 bits per heavy atom. The molecule has 1 fully saturated rings. The van der Waals surface area contributed by atoms with Crippen molar-refractivity contribution in [3.05, 3.63) is 53.6 Å². The first-order valence-corrected chi connectivity index (χ1v) is 12.9. The summed E-state index contributed by atoms with van der Waals surface area (Å²) in [5.41, 5.74) is 1.38. The maximum atomic E-state index is 12.9. The average Bonchev–Trinajstić information content (AvgIpc) is 2.83. The first-order chi connectivity index (χ1) is 15.8. The number of nitrogens with zero attached hydrogens (tertiary/aromatic N) is 1. The smallest absolute Gasteiger partial charge is 0.253 e. The molecule has 176 valence electrons. The van der Waals surface area contributed by atoms with Gasteiger partial charge in [-0.3, -0.25) is 9.59 Å². The first-order valence-electron chi connectivity index (χ1n) is 11.1. The SMILES string of the molecule is CC(C(=O)Nc1ccc2c(c1)OCCO2)S(=O)(=O)Cc1cccc(C(=O)N2CCCCC2)c1. The number of carbonyl (C=O) groups is 2. The first kappa shape index (κ1) is 23.1. The molecule has 2 aromatic carbocycles. The number of anilines is 1. The monoisotopic (exact) mass is 472 g/mol. The molecular formula is C24H28N2O6S. The highest BCUT2D eigenvalue weighted by molar-refractivity contribution is 7.92. The van der Waals surface area contributed by atoms with Gasteiger partial charge in [-0.05, 0) is 56.0 Å². The van der Waals surface area contributed by atoms with Crippen LogP contribution in [-0.2, 0) is 20.4 Å². The van der Waals surface area contributed by atoms with E-state index in [1.54, 1.807) is 47.4 Å². The fraction of sp³-hybridized carbons (Fsp3) is 0.417. The van der Waals surface area contributed by atoms with Crippen LogP contribution in [0.5, 0.6) is 11.5 Å². The van der Waals surface area contributed by atoms with Crippen molar-refractivity contribution in [3.8, 4) is 11.5 Å². The van der Waals surface area contributed by atoms with Gasteiger partial charge in [0.05, 0.1) is 5.75 Å². The molecule has 2 heterocycles. The predicted octanol–water partition coefficient (Wildman–Crippen LogP) is 3.03. The summed E-state index contributed by atoms with van der Waals surface area (Å²) in [6, 6.07) is 11.6. The van der Waals surface area contributed by atoms with E-state index in [1.807, 2.05) is 0 Å². The number of nitrogens with one attached hydrogen (secondary N) is 1. The Kier molecular flexibility index (Phi) is 6.88. The molecule has 0 spiro atoms. The number of hydrogen-bond acceptors (Lipinski definition) is 6. The Balaban J connectivity index is 1.42. The van der Waals surface area contributed by atoms with E-state index in [1.165, 1.54) is 6.92 Å². The van der Waals surface area contributed by atoms with Gasteiger partial charge in [-0.25, -0.2) is 8.42 Å². The van der Waals surface area contributed by atoms with Gasteiger partial charge in [0, 0.05) is 30.4 Å². The van der Waals surface area contributed by atoms with Gasteiger partial charge in [0.25, 0.3) is 5.91 Å². The number of piperidine rings is 1. The van der Waals surface area contributed by atoms with Crippen LogP contribution in [0.3, 0.4) is 0 Å². The molecule has 4 rings (SSSR count). The van der Waals surface area contributed by atoms with Crippen molar-refractivity contribution in [2.45, 2.75) is 37.2 Å². The zero-order valence-corrected chi connectivity index (χ0v) is 19.4. The maximum absolute atomic E-state index is 12.9. The van der Waals surface area contributed by atoms with Crippen LogP contribution in [-0.4, -0.2) is 56.7 Å². The summed E-state index contributed by atoms with van der Waals surface area (Å²) in [4.78, 5) is 27.2. The molecule has 1 atom stereocenters. The lowest BCUT2D eigenvalue weighted by atomic mass is 10.1. The summed E-state index contributed by atoms with van der Waals surface area (Å²) in [7, 11) is -3.81. The predicted molar refractivity (Wildman–Crippen MR) is 124 cm³/mol. The number of carbonyl (C=O) groups excluding carboxylic acids is 2. The lowest BCUT2D eigenvalue weighted by Gasteiger charge is -2.26. The largest absolute Gasteiger partial charge is 0.486 e. The molecule has 0 radical (unpaired) electrons. The second-order valence-corrected chi connectivity index (χ2v) is 10.7. The summed E-state index contributed by atoms with van der Waals surface area (Å²) in [6.45, 7) is 3.68. The third-order valence-electron chi connectivity index (χ3n) is 5.90. The van der Waals surface area contributed by atoms with E-state index < -0.39 is 21.0 Å². The number of benzene rings is 2. The molecule has 1 unspecified atom stereocenters. The lowest BCUT2D eigenvalue weighted by Crippen LogP contribution is -2.35. The van der Waals surface area contributed by atoms with Gasteiger partial charge < -0.3 is 19.7 Å². The second-order valence-electron chi connectivity index (χ2n) is 8.35. The molecule has 9 heteroatoms. The minimum absolute atomic E-state index is 0.0849. The van der Waals surface area contributed by atoms with E-state index >= 15 is 0 Å². The van der Waals surface area contributed by atoms with Crippen molar-refractivity contribution in [2.75, 3.05) is 31.6 Å². The number of fused-ring (bicyclic) bond motifs is 1. The fourth-order valence-electron chi connectivity index (χ4n) is 3.96. The van der Waals surface area contributed by atoms with Gasteiger partial charge in [-0.2, -0.15) is 0 Å². The normalized spacial score (nSPS) is 16.7. The molecule has 1 N–H and O–H groups in total. The highest BCUT2D eigenvalue weighted by Crippen LogP contribution is 2.32. The van der Waals surface area contributed by atoms with Gasteiger partial charge in [-0.15, -0.1) is 0 Å². The standard InChI is InChI=1S/C24H28N2O6S/c1-17(23(27)25-20-8-9-21-22(15-20)32-13-12-31-21)33(29,30)16-18-6-5-7-19(14-18)24(28)26-10-3-2-4-11-26/h5-9,14-15,17H,2-4,10-13,16H2,1H3,(H,25,27). The summed E-state index contributed by atoms with van der Waals surface area (Å²) < 4.78 is 36.8. The van der Waals surface area contributed by atoms with Crippen LogP contribution in [0.4, 0.5) is 5.69 Å². The Labute approximate surface area is 193 Å². The van der Waals surface area contributed by atoms with Gasteiger partial charge in [0.2, 0.25) is 5.91 Å². The Morgan fingerprint density at radius 3 is 2.48 bits per heavy atom. The molecule has 2 aromatic rings. The van der Waals surface area contributed by atoms with Crippen molar-refractivity contribution in [2.24, 2.45) is 0 Å². The van der Waals surface area contributed by atoms with Gasteiger partial charge in [-0.1, -0.05) is 12.1 Å². The van der Waals surface area contributed by atoms with Crippen molar-refractivity contribution < 1.29 is 27.5 Å².